The van der Waals surface area contributed by atoms with Gasteiger partial charge in [0, 0.05) is 13.0 Å². The number of rotatable bonds is 4. The first-order valence-corrected chi connectivity index (χ1v) is 6.63. The van der Waals surface area contributed by atoms with Crippen LogP contribution in [0.5, 0.6) is 0 Å². The number of nitrogens with one attached hydrogen (secondary N) is 1. The quantitative estimate of drug-likeness (QED) is 0.919. The molecule has 108 valence electrons. The van der Waals surface area contributed by atoms with Crippen molar-refractivity contribution in [1.29, 1.82) is 0 Å². The maximum atomic E-state index is 12.0. The van der Waals surface area contributed by atoms with Crippen molar-refractivity contribution in [1.82, 2.24) is 20.1 Å². The van der Waals surface area contributed by atoms with Crippen LogP contribution in [0.4, 0.5) is 13.2 Å². The van der Waals surface area contributed by atoms with Gasteiger partial charge in [-0.15, -0.1) is 0 Å². The molecule has 0 atom stereocenters. The molecular formula is C12H19F3N4. The maximum absolute atomic E-state index is 12.0. The summed E-state index contributed by atoms with van der Waals surface area (Å²) in [5.41, 5.74) is 0. The number of hydrogen-bond acceptors (Lipinski definition) is 3. The van der Waals surface area contributed by atoms with Gasteiger partial charge in [-0.3, -0.25) is 4.68 Å². The lowest BCUT2D eigenvalue weighted by Crippen LogP contribution is -2.29. The van der Waals surface area contributed by atoms with E-state index in [4.69, 9.17) is 0 Å². The predicted octanol–water partition coefficient (Wildman–Crippen LogP) is 2.51. The Balaban J connectivity index is 1.92. The Hall–Kier alpha value is -1.11. The molecule has 1 fully saturated rings. The van der Waals surface area contributed by atoms with E-state index in [1.807, 2.05) is 0 Å². The Morgan fingerprint density at radius 1 is 1.26 bits per heavy atom. The maximum Gasteiger partial charge on any atom is 0.401 e. The van der Waals surface area contributed by atoms with E-state index in [1.165, 1.54) is 19.3 Å². The van der Waals surface area contributed by atoms with E-state index in [-0.39, 0.29) is 6.54 Å². The summed E-state index contributed by atoms with van der Waals surface area (Å²) in [6, 6.07) is 0. The average Bonchev–Trinajstić information content (AvgIpc) is 2.71. The average molecular weight is 276 g/mol. The zero-order valence-electron chi connectivity index (χ0n) is 11.0. The molecule has 1 heterocycles. The first-order valence-electron chi connectivity index (χ1n) is 6.63. The second-order valence-electron chi connectivity index (χ2n) is 5.06. The highest BCUT2D eigenvalue weighted by Crippen LogP contribution is 2.30. The normalized spacial score (nSPS) is 17.9. The lowest BCUT2D eigenvalue weighted by molar-refractivity contribution is -0.125. The van der Waals surface area contributed by atoms with E-state index < -0.39 is 12.7 Å². The Morgan fingerprint density at radius 3 is 2.58 bits per heavy atom. The molecule has 0 aromatic carbocycles. The third-order valence-corrected chi connectivity index (χ3v) is 3.45. The molecule has 1 aliphatic rings. The number of alkyl halides is 3. The highest BCUT2D eigenvalue weighted by Gasteiger charge is 2.27. The Morgan fingerprint density at radius 2 is 1.95 bits per heavy atom. The van der Waals surface area contributed by atoms with Crippen molar-refractivity contribution in [2.24, 2.45) is 7.05 Å². The fourth-order valence-electron chi connectivity index (χ4n) is 2.44. The fraction of sp³-hybridized carbons (Fsp3) is 0.833. The van der Waals surface area contributed by atoms with Gasteiger partial charge in [-0.25, -0.2) is 4.98 Å². The molecule has 0 radical (unpaired) electrons. The highest BCUT2D eigenvalue weighted by molar-refractivity contribution is 5.00. The molecule has 1 saturated carbocycles. The molecule has 19 heavy (non-hydrogen) atoms. The standard InChI is InChI=1S/C12H19F3N4/c1-19-10(7-16-8-12(13,14)15)17-11(18-19)9-5-3-2-4-6-9/h9,16H,2-8H2,1H3. The molecule has 4 nitrogen and oxygen atoms in total. The van der Waals surface area contributed by atoms with Gasteiger partial charge in [0.15, 0.2) is 5.82 Å². The van der Waals surface area contributed by atoms with Crippen molar-refractivity contribution < 1.29 is 13.2 Å². The summed E-state index contributed by atoms with van der Waals surface area (Å²) in [7, 11) is 1.73. The summed E-state index contributed by atoms with van der Waals surface area (Å²) >= 11 is 0. The van der Waals surface area contributed by atoms with Crippen LogP contribution in [0.3, 0.4) is 0 Å². The Bertz CT molecular complexity index is 408. The minimum absolute atomic E-state index is 0.0930. The number of nitrogens with zero attached hydrogens (tertiary/aromatic N) is 3. The van der Waals surface area contributed by atoms with Crippen LogP contribution in [-0.2, 0) is 13.6 Å². The lowest BCUT2D eigenvalue weighted by atomic mass is 9.89. The molecule has 0 unspecified atom stereocenters. The summed E-state index contributed by atoms with van der Waals surface area (Å²) in [5.74, 6) is 1.71. The van der Waals surface area contributed by atoms with Crippen LogP contribution < -0.4 is 5.32 Å². The van der Waals surface area contributed by atoms with Gasteiger partial charge in [0.05, 0.1) is 13.1 Å². The van der Waals surface area contributed by atoms with Crippen LogP contribution in [0.2, 0.25) is 0 Å². The van der Waals surface area contributed by atoms with Gasteiger partial charge in [-0.05, 0) is 12.8 Å². The van der Waals surface area contributed by atoms with Crippen LogP contribution in [0.15, 0.2) is 0 Å². The first kappa shape index (κ1) is 14.3. The van der Waals surface area contributed by atoms with E-state index in [1.54, 1.807) is 11.7 Å². The molecule has 1 aliphatic carbocycles. The van der Waals surface area contributed by atoms with Gasteiger partial charge in [0.1, 0.15) is 5.82 Å². The van der Waals surface area contributed by atoms with Gasteiger partial charge in [0.2, 0.25) is 0 Å². The Kier molecular flexibility index (Phi) is 4.44. The van der Waals surface area contributed by atoms with Crippen molar-refractivity contribution >= 4 is 0 Å². The molecule has 2 rings (SSSR count). The zero-order valence-corrected chi connectivity index (χ0v) is 11.0. The second-order valence-corrected chi connectivity index (χ2v) is 5.06. The van der Waals surface area contributed by atoms with Crippen LogP contribution in [-0.4, -0.2) is 27.5 Å². The van der Waals surface area contributed by atoms with Crippen LogP contribution in [0, 0.1) is 0 Å². The SMILES string of the molecule is Cn1nc(C2CCCCC2)nc1CNCC(F)(F)F. The Labute approximate surface area is 110 Å². The molecule has 1 aromatic rings. The number of halogens is 3. The third-order valence-electron chi connectivity index (χ3n) is 3.45. The van der Waals surface area contributed by atoms with Gasteiger partial charge < -0.3 is 5.32 Å². The van der Waals surface area contributed by atoms with Crippen LogP contribution in [0.1, 0.15) is 49.7 Å². The zero-order chi connectivity index (χ0) is 13.9. The summed E-state index contributed by atoms with van der Waals surface area (Å²) in [4.78, 5) is 4.38. The first-order chi connectivity index (χ1) is 8.96. The number of hydrogen-bond donors (Lipinski definition) is 1. The minimum Gasteiger partial charge on any atom is -0.302 e. The fourth-order valence-corrected chi connectivity index (χ4v) is 2.44. The third kappa shape index (κ3) is 4.19. The van der Waals surface area contributed by atoms with E-state index in [0.29, 0.717) is 11.7 Å². The van der Waals surface area contributed by atoms with Crippen LogP contribution in [0.25, 0.3) is 0 Å². The molecule has 1 N–H and O–H groups in total. The van der Waals surface area contributed by atoms with Crippen molar-refractivity contribution in [3.63, 3.8) is 0 Å². The van der Waals surface area contributed by atoms with E-state index in [9.17, 15) is 13.2 Å². The lowest BCUT2D eigenvalue weighted by Gasteiger charge is -2.18. The van der Waals surface area contributed by atoms with Crippen molar-refractivity contribution in [2.45, 2.75) is 50.7 Å². The van der Waals surface area contributed by atoms with Crippen molar-refractivity contribution in [3.8, 4) is 0 Å². The predicted molar refractivity (Wildman–Crippen MR) is 64.6 cm³/mol. The topological polar surface area (TPSA) is 42.7 Å². The molecule has 0 bridgehead atoms. The summed E-state index contributed by atoms with van der Waals surface area (Å²) in [6.45, 7) is -0.908. The molecule has 0 aliphatic heterocycles. The minimum atomic E-state index is -4.19. The molecule has 0 saturated heterocycles. The molecule has 1 aromatic heterocycles. The monoisotopic (exact) mass is 276 g/mol. The van der Waals surface area contributed by atoms with E-state index >= 15 is 0 Å². The van der Waals surface area contributed by atoms with E-state index in [2.05, 4.69) is 15.4 Å². The van der Waals surface area contributed by atoms with Gasteiger partial charge in [-0.2, -0.15) is 18.3 Å². The van der Waals surface area contributed by atoms with Gasteiger partial charge >= 0.3 is 6.18 Å². The second kappa shape index (κ2) is 5.90. The smallest absolute Gasteiger partial charge is 0.302 e. The van der Waals surface area contributed by atoms with Crippen LogP contribution >= 0.6 is 0 Å². The van der Waals surface area contributed by atoms with Gasteiger partial charge in [-0.1, -0.05) is 19.3 Å². The summed E-state index contributed by atoms with van der Waals surface area (Å²) < 4.78 is 37.7. The summed E-state index contributed by atoms with van der Waals surface area (Å²) in [5, 5.41) is 6.68. The van der Waals surface area contributed by atoms with Crippen molar-refractivity contribution in [3.05, 3.63) is 11.6 Å². The van der Waals surface area contributed by atoms with Crippen molar-refractivity contribution in [2.75, 3.05) is 6.54 Å². The number of aryl methyl sites for hydroxylation is 1. The number of aromatic nitrogens is 3. The highest BCUT2D eigenvalue weighted by atomic mass is 19.4. The molecular weight excluding hydrogens is 257 g/mol. The van der Waals surface area contributed by atoms with E-state index in [0.717, 1.165) is 18.7 Å². The van der Waals surface area contributed by atoms with Gasteiger partial charge in [0.25, 0.3) is 0 Å². The molecule has 0 spiro atoms. The summed E-state index contributed by atoms with van der Waals surface area (Å²) in [6.07, 6.45) is 1.60. The molecule has 7 heteroatoms. The largest absolute Gasteiger partial charge is 0.401 e. The molecule has 0 amide bonds.